The van der Waals surface area contributed by atoms with Crippen molar-refractivity contribution in [2.45, 2.75) is 71.6 Å². The lowest BCUT2D eigenvalue weighted by Gasteiger charge is -2.45. The molecule has 3 aliphatic rings. The van der Waals surface area contributed by atoms with Crippen LogP contribution in [0.3, 0.4) is 0 Å². The summed E-state index contributed by atoms with van der Waals surface area (Å²) in [5.74, 6) is -1.36. The van der Waals surface area contributed by atoms with Crippen LogP contribution in [0.4, 0.5) is 0 Å². The molecule has 0 unspecified atom stereocenters. The Bertz CT molecular complexity index is 947. The Morgan fingerprint density at radius 1 is 1.09 bits per heavy atom. The Kier molecular flexibility index (Phi) is 7.14. The van der Waals surface area contributed by atoms with Crippen LogP contribution in [0.5, 0.6) is 0 Å². The van der Waals surface area contributed by atoms with Gasteiger partial charge in [-0.1, -0.05) is 32.0 Å². The van der Waals surface area contributed by atoms with Crippen molar-refractivity contribution in [2.75, 3.05) is 26.6 Å². The largest absolute Gasteiger partial charge is 0.427 e. The van der Waals surface area contributed by atoms with E-state index in [-0.39, 0.29) is 24.6 Å². The number of rotatable bonds is 7. The van der Waals surface area contributed by atoms with Crippen molar-refractivity contribution >= 4 is 17.4 Å². The number of benzene rings is 1. The zero-order valence-electron chi connectivity index (χ0n) is 20.8. The molecule has 1 saturated heterocycles. The minimum absolute atomic E-state index is 0.0758. The molecule has 2 aliphatic heterocycles. The summed E-state index contributed by atoms with van der Waals surface area (Å²) in [5, 5.41) is 1.38. The summed E-state index contributed by atoms with van der Waals surface area (Å²) < 4.78 is 23.4. The van der Waals surface area contributed by atoms with Crippen LogP contribution in [0.25, 0.3) is 5.57 Å². The molecule has 1 aliphatic carbocycles. The molecular formula is C26H35NO7. The number of hydrogen-bond acceptors (Lipinski definition) is 7. The minimum Gasteiger partial charge on any atom is -0.427 e. The van der Waals surface area contributed by atoms with E-state index in [4.69, 9.17) is 23.8 Å². The summed E-state index contributed by atoms with van der Waals surface area (Å²) in [6.07, 6.45) is 2.05. The molecule has 2 fully saturated rings. The molecule has 0 bridgehead atoms. The first kappa shape index (κ1) is 24.9. The Morgan fingerprint density at radius 2 is 1.71 bits per heavy atom. The van der Waals surface area contributed by atoms with Gasteiger partial charge in [0.1, 0.15) is 11.3 Å². The van der Waals surface area contributed by atoms with Gasteiger partial charge < -0.3 is 18.9 Å². The van der Waals surface area contributed by atoms with Crippen molar-refractivity contribution in [3.05, 3.63) is 40.6 Å². The Labute approximate surface area is 201 Å². The van der Waals surface area contributed by atoms with Crippen LogP contribution in [-0.4, -0.2) is 54.9 Å². The highest BCUT2D eigenvalue weighted by Gasteiger charge is 2.60. The van der Waals surface area contributed by atoms with Crippen molar-refractivity contribution < 1.29 is 33.4 Å². The number of hydroxylamine groups is 2. The second-order valence-corrected chi connectivity index (χ2v) is 9.53. The first-order valence-electron chi connectivity index (χ1n) is 12.1. The maximum absolute atomic E-state index is 14.0. The lowest BCUT2D eigenvalue weighted by molar-refractivity contribution is -0.268. The van der Waals surface area contributed by atoms with Crippen LogP contribution in [0, 0.1) is 19.8 Å². The number of carbonyl (C=O) groups excluding carboxylic acids is 2. The van der Waals surface area contributed by atoms with Crippen molar-refractivity contribution in [1.82, 2.24) is 5.06 Å². The number of carbonyl (C=O) groups is 2. The Balaban J connectivity index is 1.84. The smallest absolute Gasteiger partial charge is 0.313 e. The number of hydrogen-bond donors (Lipinski definition) is 0. The molecule has 0 N–H and O–H groups in total. The van der Waals surface area contributed by atoms with E-state index in [9.17, 15) is 9.59 Å². The third kappa shape index (κ3) is 4.28. The lowest BCUT2D eigenvalue weighted by atomic mass is 9.77. The third-order valence-corrected chi connectivity index (χ3v) is 6.96. The van der Waals surface area contributed by atoms with E-state index < -0.39 is 11.3 Å². The summed E-state index contributed by atoms with van der Waals surface area (Å²) in [6.45, 7) is 10.8. The summed E-state index contributed by atoms with van der Waals surface area (Å²) >= 11 is 0. The average Bonchev–Trinajstić information content (AvgIpc) is 3.34. The summed E-state index contributed by atoms with van der Waals surface area (Å²) in [6, 6.07) is 5.86. The molecule has 34 heavy (non-hydrogen) atoms. The SMILES string of the molecule is CCOCON1C(=O)C(c2c(C)cccc2C)=C(OC(=O)C(C)C)C12CCC1(CC2)OCCO1. The maximum Gasteiger partial charge on any atom is 0.313 e. The van der Waals surface area contributed by atoms with Crippen LogP contribution >= 0.6 is 0 Å². The fourth-order valence-corrected chi connectivity index (χ4v) is 5.13. The highest BCUT2D eigenvalue weighted by Crippen LogP contribution is 2.53. The van der Waals surface area contributed by atoms with Gasteiger partial charge in [-0.05, 0) is 50.3 Å². The lowest BCUT2D eigenvalue weighted by Crippen LogP contribution is -2.54. The molecule has 8 nitrogen and oxygen atoms in total. The maximum atomic E-state index is 14.0. The van der Waals surface area contributed by atoms with Gasteiger partial charge in [0.25, 0.3) is 5.91 Å². The van der Waals surface area contributed by atoms with Gasteiger partial charge in [0.05, 0.1) is 24.7 Å². The predicted octanol–water partition coefficient (Wildman–Crippen LogP) is 4.04. The van der Waals surface area contributed by atoms with Gasteiger partial charge in [-0.3, -0.25) is 9.59 Å². The van der Waals surface area contributed by atoms with Crippen LogP contribution in [0.2, 0.25) is 0 Å². The predicted molar refractivity (Wildman–Crippen MR) is 124 cm³/mol. The summed E-state index contributed by atoms with van der Waals surface area (Å²) in [5.41, 5.74) is 2.06. The molecule has 2 heterocycles. The standard InChI is InChI=1S/C26H35NO7/c1-6-30-16-33-27-23(28)21(20-18(4)8-7-9-19(20)5)22(34-24(29)17(2)3)25(27)10-12-26(13-11-25)31-14-15-32-26/h7-9,17H,6,10-16H2,1-5H3. The molecule has 1 saturated carbocycles. The fraction of sp³-hybridized carbons (Fsp3) is 0.615. The van der Waals surface area contributed by atoms with Crippen LogP contribution in [0.1, 0.15) is 63.1 Å². The zero-order chi connectivity index (χ0) is 24.5. The molecule has 0 aromatic heterocycles. The monoisotopic (exact) mass is 473 g/mol. The molecule has 1 aromatic rings. The van der Waals surface area contributed by atoms with Gasteiger partial charge >= 0.3 is 5.97 Å². The molecule has 1 aromatic carbocycles. The summed E-state index contributed by atoms with van der Waals surface area (Å²) in [7, 11) is 0. The molecule has 0 atom stereocenters. The number of aryl methyl sites for hydroxylation is 2. The molecule has 2 spiro atoms. The molecule has 0 radical (unpaired) electrons. The van der Waals surface area contributed by atoms with Crippen molar-refractivity contribution in [1.29, 1.82) is 0 Å². The second-order valence-electron chi connectivity index (χ2n) is 9.53. The number of amides is 1. The van der Waals surface area contributed by atoms with E-state index >= 15 is 0 Å². The van der Waals surface area contributed by atoms with Gasteiger partial charge in [0.15, 0.2) is 12.6 Å². The zero-order valence-corrected chi connectivity index (χ0v) is 20.8. The Hall–Kier alpha value is -2.26. The molecular weight excluding hydrogens is 438 g/mol. The van der Waals surface area contributed by atoms with Gasteiger partial charge in [-0.2, -0.15) is 0 Å². The van der Waals surface area contributed by atoms with E-state index in [0.29, 0.717) is 56.8 Å². The van der Waals surface area contributed by atoms with E-state index in [1.165, 1.54) is 5.06 Å². The van der Waals surface area contributed by atoms with E-state index in [0.717, 1.165) is 16.7 Å². The number of ether oxygens (including phenoxy) is 4. The number of esters is 1. The molecule has 8 heteroatoms. The summed E-state index contributed by atoms with van der Waals surface area (Å²) in [4.78, 5) is 32.8. The van der Waals surface area contributed by atoms with E-state index in [2.05, 4.69) is 0 Å². The van der Waals surface area contributed by atoms with Gasteiger partial charge in [0.2, 0.25) is 0 Å². The first-order chi connectivity index (χ1) is 16.2. The number of nitrogens with zero attached hydrogens (tertiary/aromatic N) is 1. The second kappa shape index (κ2) is 9.77. The third-order valence-electron chi connectivity index (χ3n) is 6.96. The van der Waals surface area contributed by atoms with Gasteiger partial charge in [0, 0.05) is 19.4 Å². The van der Waals surface area contributed by atoms with E-state index in [1.54, 1.807) is 13.8 Å². The highest BCUT2D eigenvalue weighted by atomic mass is 16.8. The highest BCUT2D eigenvalue weighted by molar-refractivity contribution is 6.23. The molecule has 1 amide bonds. The molecule has 186 valence electrons. The molecule has 4 rings (SSSR count). The van der Waals surface area contributed by atoms with Gasteiger partial charge in [-0.25, -0.2) is 9.90 Å². The van der Waals surface area contributed by atoms with E-state index in [1.807, 2.05) is 39.0 Å². The topological polar surface area (TPSA) is 83.5 Å². The Morgan fingerprint density at radius 3 is 2.26 bits per heavy atom. The quantitative estimate of drug-likeness (QED) is 0.336. The first-order valence-corrected chi connectivity index (χ1v) is 12.1. The fourth-order valence-electron chi connectivity index (χ4n) is 5.13. The van der Waals surface area contributed by atoms with Crippen LogP contribution in [-0.2, 0) is 33.4 Å². The van der Waals surface area contributed by atoms with Gasteiger partial charge in [-0.15, -0.1) is 0 Å². The van der Waals surface area contributed by atoms with Crippen LogP contribution < -0.4 is 0 Å². The normalized spacial score (nSPS) is 21.4. The van der Waals surface area contributed by atoms with Crippen molar-refractivity contribution in [2.24, 2.45) is 5.92 Å². The van der Waals surface area contributed by atoms with Crippen molar-refractivity contribution in [3.63, 3.8) is 0 Å². The van der Waals surface area contributed by atoms with Crippen molar-refractivity contribution in [3.8, 4) is 0 Å². The van der Waals surface area contributed by atoms with Crippen LogP contribution in [0.15, 0.2) is 24.0 Å². The minimum atomic E-state index is -0.955. The average molecular weight is 474 g/mol.